The molecule has 45 heavy (non-hydrogen) atoms. The fraction of sp³-hybridized carbons (Fsp3) is 0.281. The molecule has 234 valence electrons. The zero-order chi connectivity index (χ0) is 32.2. The summed E-state index contributed by atoms with van der Waals surface area (Å²) < 4.78 is 26.3. The maximum absolute atomic E-state index is 14.8. The van der Waals surface area contributed by atoms with Gasteiger partial charge in [-0.05, 0) is 55.7 Å². The predicted molar refractivity (Wildman–Crippen MR) is 167 cm³/mol. The highest BCUT2D eigenvalue weighted by atomic mass is 35.5. The van der Waals surface area contributed by atoms with E-state index in [-0.39, 0.29) is 28.1 Å². The van der Waals surface area contributed by atoms with Gasteiger partial charge in [-0.15, -0.1) is 0 Å². The van der Waals surface area contributed by atoms with E-state index in [9.17, 15) is 18.8 Å². The molecule has 13 heteroatoms. The number of halogens is 2. The number of carbonyl (C=O) groups is 3. The maximum Gasteiger partial charge on any atom is 0.411 e. The summed E-state index contributed by atoms with van der Waals surface area (Å²) in [6.45, 7) is 3.50. The number of nitrogens with one attached hydrogen (secondary N) is 3. The zero-order valence-corrected chi connectivity index (χ0v) is 25.9. The first-order valence-corrected chi connectivity index (χ1v) is 14.6. The van der Waals surface area contributed by atoms with E-state index in [1.807, 2.05) is 13.0 Å². The Kier molecular flexibility index (Phi) is 9.33. The average molecular weight is 635 g/mol. The molecule has 3 amide bonds. The lowest BCUT2D eigenvalue weighted by Crippen LogP contribution is -2.30. The van der Waals surface area contributed by atoms with Crippen molar-refractivity contribution < 1.29 is 28.2 Å². The summed E-state index contributed by atoms with van der Waals surface area (Å²) in [5.41, 5.74) is 3.58. The topological polar surface area (TPSA) is 136 Å². The zero-order valence-electron chi connectivity index (χ0n) is 25.1. The average Bonchev–Trinajstić information content (AvgIpc) is 3.41. The number of anilines is 2. The van der Waals surface area contributed by atoms with Gasteiger partial charge in [-0.1, -0.05) is 37.1 Å². The third-order valence-corrected chi connectivity index (χ3v) is 8.00. The van der Waals surface area contributed by atoms with Crippen LogP contribution < -0.4 is 20.7 Å². The highest BCUT2D eigenvalue weighted by molar-refractivity contribution is 6.30. The lowest BCUT2D eigenvalue weighted by atomic mass is 9.95. The number of methoxy groups -OCH3 is 2. The maximum atomic E-state index is 14.8. The van der Waals surface area contributed by atoms with Crippen molar-refractivity contribution in [2.24, 2.45) is 5.92 Å². The molecule has 0 saturated carbocycles. The Morgan fingerprint density at radius 2 is 1.93 bits per heavy atom. The molecular weight excluding hydrogens is 603 g/mol. The number of nitrogens with zero attached hydrogens (tertiary/aromatic N) is 3. The van der Waals surface area contributed by atoms with Crippen molar-refractivity contribution in [2.75, 3.05) is 24.9 Å². The summed E-state index contributed by atoms with van der Waals surface area (Å²) in [6, 6.07) is 12.7. The van der Waals surface area contributed by atoms with Crippen molar-refractivity contribution in [1.82, 2.24) is 20.1 Å². The Morgan fingerprint density at radius 1 is 1.13 bits per heavy atom. The van der Waals surface area contributed by atoms with Crippen LogP contribution in [0.2, 0.25) is 5.02 Å². The van der Waals surface area contributed by atoms with Crippen LogP contribution in [0.4, 0.5) is 20.6 Å². The molecule has 11 nitrogen and oxygen atoms in total. The molecule has 0 spiro atoms. The summed E-state index contributed by atoms with van der Waals surface area (Å²) >= 11 is 5.97. The number of hydrogen-bond acceptors (Lipinski definition) is 7. The standard InChI is InChI=1S/C32H32ClFN6O5/c1-17-7-5-9-24(38-31(42)22-16-35-40(18(22)2)27-10-6-8-23(33)29(27)34)26-13-19(14-28(37-26)44-3)21-12-11-20(36-32(43)45-4)15-25(21)39-30(17)41/h6,8,10-17,24H,5,7,9H2,1-4H3,(H,36,43)(H,38,42)(H,39,41). The second-order valence-corrected chi connectivity index (χ2v) is 11.1. The molecule has 0 aliphatic carbocycles. The van der Waals surface area contributed by atoms with Crippen LogP contribution in [0.15, 0.2) is 54.7 Å². The molecule has 2 aromatic carbocycles. The molecule has 3 heterocycles. The lowest BCUT2D eigenvalue weighted by Gasteiger charge is -2.23. The summed E-state index contributed by atoms with van der Waals surface area (Å²) in [7, 11) is 2.76. The van der Waals surface area contributed by atoms with Gasteiger partial charge in [-0.3, -0.25) is 14.9 Å². The molecule has 3 N–H and O–H groups in total. The van der Waals surface area contributed by atoms with Crippen LogP contribution in [0, 0.1) is 18.7 Å². The largest absolute Gasteiger partial charge is 0.481 e. The van der Waals surface area contributed by atoms with Crippen LogP contribution in [-0.4, -0.2) is 46.9 Å². The molecule has 1 aliphatic rings. The second-order valence-electron chi connectivity index (χ2n) is 10.7. The van der Waals surface area contributed by atoms with Crippen molar-refractivity contribution >= 4 is 40.9 Å². The molecule has 5 rings (SSSR count). The summed E-state index contributed by atoms with van der Waals surface area (Å²) in [4.78, 5) is 43.4. The van der Waals surface area contributed by atoms with Crippen LogP contribution in [0.3, 0.4) is 0 Å². The second kappa shape index (κ2) is 13.3. The third-order valence-electron chi connectivity index (χ3n) is 7.70. The number of aromatic nitrogens is 3. The minimum Gasteiger partial charge on any atom is -0.481 e. The number of amides is 3. The highest BCUT2D eigenvalue weighted by Crippen LogP contribution is 2.36. The van der Waals surface area contributed by atoms with Crippen LogP contribution in [0.1, 0.15) is 54.0 Å². The van der Waals surface area contributed by atoms with E-state index in [1.165, 1.54) is 37.2 Å². The minimum absolute atomic E-state index is 0.0537. The Labute approximate surface area is 264 Å². The molecule has 2 bridgehead atoms. The van der Waals surface area contributed by atoms with E-state index in [0.29, 0.717) is 59.0 Å². The summed E-state index contributed by atoms with van der Waals surface area (Å²) in [5, 5.41) is 12.9. The SMILES string of the molecule is COC(=O)Nc1ccc2c(c1)NC(=O)C(C)CCCC(NC(=O)c1cnn(-c3cccc(Cl)c3F)c1C)c1cc-2cc(OC)n1. The number of carbonyl (C=O) groups excluding carboxylic acids is 3. The van der Waals surface area contributed by atoms with Crippen molar-refractivity contribution in [3.8, 4) is 22.7 Å². The van der Waals surface area contributed by atoms with Crippen molar-refractivity contribution in [1.29, 1.82) is 0 Å². The van der Waals surface area contributed by atoms with Gasteiger partial charge >= 0.3 is 6.09 Å². The van der Waals surface area contributed by atoms with Gasteiger partial charge in [0.2, 0.25) is 11.8 Å². The van der Waals surface area contributed by atoms with Gasteiger partial charge in [0.15, 0.2) is 5.82 Å². The fourth-order valence-corrected chi connectivity index (χ4v) is 5.36. The number of pyridine rings is 1. The molecule has 1 aliphatic heterocycles. The van der Waals surface area contributed by atoms with Crippen LogP contribution >= 0.6 is 11.6 Å². The molecule has 0 saturated heterocycles. The Bertz CT molecular complexity index is 1780. The van der Waals surface area contributed by atoms with Crippen LogP contribution in [0.5, 0.6) is 5.88 Å². The first-order valence-electron chi connectivity index (χ1n) is 14.3. The molecule has 2 unspecified atom stereocenters. The normalized spacial score (nSPS) is 16.4. The number of fused-ring (bicyclic) bond motifs is 4. The van der Waals surface area contributed by atoms with E-state index >= 15 is 0 Å². The number of hydrogen-bond donors (Lipinski definition) is 3. The number of benzene rings is 2. The monoisotopic (exact) mass is 634 g/mol. The molecule has 2 atom stereocenters. The van der Waals surface area contributed by atoms with Crippen molar-refractivity contribution in [2.45, 2.75) is 39.2 Å². The van der Waals surface area contributed by atoms with E-state index in [0.717, 1.165) is 0 Å². The first kappa shape index (κ1) is 31.5. The Balaban J connectivity index is 1.53. The smallest absolute Gasteiger partial charge is 0.411 e. The quantitative estimate of drug-likeness (QED) is 0.229. The summed E-state index contributed by atoms with van der Waals surface area (Å²) in [5.74, 6) is -1.29. The summed E-state index contributed by atoms with van der Waals surface area (Å²) in [6.07, 6.45) is 2.35. The van der Waals surface area contributed by atoms with E-state index in [2.05, 4.69) is 26.0 Å². The van der Waals surface area contributed by atoms with E-state index < -0.39 is 23.9 Å². The minimum atomic E-state index is -0.646. The van der Waals surface area contributed by atoms with Gasteiger partial charge in [0, 0.05) is 23.2 Å². The lowest BCUT2D eigenvalue weighted by molar-refractivity contribution is -0.119. The van der Waals surface area contributed by atoms with Gasteiger partial charge in [0.25, 0.3) is 5.91 Å². The fourth-order valence-electron chi connectivity index (χ4n) is 5.19. The van der Waals surface area contributed by atoms with Gasteiger partial charge < -0.3 is 20.1 Å². The van der Waals surface area contributed by atoms with E-state index in [4.69, 9.17) is 21.1 Å². The van der Waals surface area contributed by atoms with Crippen LogP contribution in [0.25, 0.3) is 16.8 Å². The van der Waals surface area contributed by atoms with Gasteiger partial charge in [-0.2, -0.15) is 5.10 Å². The predicted octanol–water partition coefficient (Wildman–Crippen LogP) is 6.45. The molecule has 2 aromatic heterocycles. The van der Waals surface area contributed by atoms with Gasteiger partial charge in [-0.25, -0.2) is 18.9 Å². The van der Waals surface area contributed by atoms with Crippen molar-refractivity contribution in [3.63, 3.8) is 0 Å². The Hall–Kier alpha value is -4.97. The number of ether oxygens (including phenoxy) is 2. The molecular formula is C32H32ClFN6O5. The first-order chi connectivity index (χ1) is 21.6. The highest BCUT2D eigenvalue weighted by Gasteiger charge is 2.25. The van der Waals surface area contributed by atoms with Crippen LogP contribution in [-0.2, 0) is 9.53 Å². The number of rotatable bonds is 5. The molecule has 0 radical (unpaired) electrons. The third kappa shape index (κ3) is 6.75. The van der Waals surface area contributed by atoms with E-state index in [1.54, 1.807) is 37.3 Å². The van der Waals surface area contributed by atoms with Gasteiger partial charge in [0.1, 0.15) is 5.69 Å². The van der Waals surface area contributed by atoms with Gasteiger partial charge in [0.05, 0.1) is 54.1 Å². The van der Waals surface area contributed by atoms with Crippen molar-refractivity contribution in [3.05, 3.63) is 82.5 Å². The molecule has 0 fully saturated rings. The molecule has 4 aromatic rings. The Morgan fingerprint density at radius 3 is 2.69 bits per heavy atom.